The largest absolute Gasteiger partial charge is 0.612 e. The lowest BCUT2D eigenvalue weighted by Gasteiger charge is -2.13. The second-order valence-electron chi connectivity index (χ2n) is 7.04. The van der Waals surface area contributed by atoms with Crippen molar-refractivity contribution in [3.05, 3.63) is 82.2 Å². The molecular weight excluding hydrogens is 358 g/mol. The van der Waals surface area contributed by atoms with E-state index in [1.807, 2.05) is 49.4 Å². The first-order valence-corrected chi connectivity index (χ1v) is 10.6. The van der Waals surface area contributed by atoms with Crippen LogP contribution in [0.5, 0.6) is 0 Å². The molecule has 5 heteroatoms. The van der Waals surface area contributed by atoms with E-state index in [1.54, 1.807) is 12.5 Å². The van der Waals surface area contributed by atoms with Crippen molar-refractivity contribution in [2.45, 2.75) is 37.0 Å². The molecule has 1 unspecified atom stereocenters. The molecule has 0 bridgehead atoms. The van der Waals surface area contributed by atoms with Crippen LogP contribution in [0.25, 0.3) is 0 Å². The van der Waals surface area contributed by atoms with Gasteiger partial charge in [0, 0.05) is 17.0 Å². The number of hydrogen-bond acceptors (Lipinski definition) is 4. The molecule has 3 aromatic rings. The maximum atomic E-state index is 13.2. The van der Waals surface area contributed by atoms with E-state index in [4.69, 9.17) is 4.52 Å². The highest BCUT2D eigenvalue weighted by Crippen LogP contribution is 2.42. The van der Waals surface area contributed by atoms with Crippen molar-refractivity contribution >= 4 is 17.0 Å². The molecule has 1 fully saturated rings. The van der Waals surface area contributed by atoms with E-state index in [1.165, 1.54) is 0 Å². The first-order chi connectivity index (χ1) is 13.1. The Hall–Kier alpha value is -2.37. The minimum absolute atomic E-state index is 0.0402. The van der Waals surface area contributed by atoms with Gasteiger partial charge in [-0.15, -0.1) is 0 Å². The summed E-state index contributed by atoms with van der Waals surface area (Å²) in [4.78, 5) is 14.0. The van der Waals surface area contributed by atoms with Crippen LogP contribution in [0.3, 0.4) is 0 Å². The molecule has 1 aromatic heterocycles. The molecule has 0 saturated heterocycles. The minimum atomic E-state index is -1.04. The number of nitrogens with zero attached hydrogens (tertiary/aromatic N) is 1. The molecule has 138 valence electrons. The van der Waals surface area contributed by atoms with Gasteiger partial charge in [0.2, 0.25) is 0 Å². The molecule has 0 aliphatic heterocycles. The number of ketones is 1. The number of benzene rings is 2. The second-order valence-corrected chi connectivity index (χ2v) is 8.38. The zero-order chi connectivity index (χ0) is 19.0. The van der Waals surface area contributed by atoms with Crippen molar-refractivity contribution in [2.24, 2.45) is 0 Å². The van der Waals surface area contributed by atoms with Crippen molar-refractivity contribution < 1.29 is 13.9 Å². The lowest BCUT2D eigenvalue weighted by Crippen LogP contribution is -2.08. The minimum Gasteiger partial charge on any atom is -0.612 e. The molecule has 2 aromatic carbocycles. The molecule has 0 spiro atoms. The molecule has 0 N–H and O–H groups in total. The fourth-order valence-electron chi connectivity index (χ4n) is 3.47. The van der Waals surface area contributed by atoms with Crippen molar-refractivity contribution in [3.63, 3.8) is 0 Å². The normalized spacial score (nSPS) is 14.9. The van der Waals surface area contributed by atoms with E-state index >= 15 is 0 Å². The number of rotatable bonds is 6. The summed E-state index contributed by atoms with van der Waals surface area (Å²) in [5, 5.41) is 3.86. The smallest absolute Gasteiger partial charge is 0.198 e. The van der Waals surface area contributed by atoms with Gasteiger partial charge in [0.25, 0.3) is 0 Å². The van der Waals surface area contributed by atoms with Crippen molar-refractivity contribution in [3.8, 4) is 0 Å². The predicted molar refractivity (Wildman–Crippen MR) is 105 cm³/mol. The molecule has 0 radical (unpaired) electrons. The summed E-state index contributed by atoms with van der Waals surface area (Å²) in [5.41, 5.74) is 4.29. The van der Waals surface area contributed by atoms with Gasteiger partial charge in [-0.3, -0.25) is 4.79 Å². The Balaban J connectivity index is 1.69. The van der Waals surface area contributed by atoms with Crippen LogP contribution in [0.4, 0.5) is 0 Å². The summed E-state index contributed by atoms with van der Waals surface area (Å²) in [6, 6.07) is 13.5. The third kappa shape index (κ3) is 3.57. The SMILES string of the molecule is Cc1c(Cc2ccccc2C(=O)c2cnoc2C2CC2)cccc1[S+](C)[O-]. The number of aromatic nitrogens is 1. The Bertz CT molecular complexity index is 989. The van der Waals surface area contributed by atoms with Crippen LogP contribution in [0, 0.1) is 6.92 Å². The van der Waals surface area contributed by atoms with Crippen LogP contribution >= 0.6 is 0 Å². The van der Waals surface area contributed by atoms with Gasteiger partial charge in [-0.2, -0.15) is 0 Å². The second kappa shape index (κ2) is 7.33. The Morgan fingerprint density at radius 2 is 1.89 bits per heavy atom. The van der Waals surface area contributed by atoms with Crippen molar-refractivity contribution in [2.75, 3.05) is 6.26 Å². The average Bonchev–Trinajstić information content (AvgIpc) is 3.39. The quantitative estimate of drug-likeness (QED) is 0.470. The lowest BCUT2D eigenvalue weighted by molar-refractivity contribution is 0.103. The Labute approximate surface area is 161 Å². The number of carbonyl (C=O) groups is 1. The highest BCUT2D eigenvalue weighted by molar-refractivity contribution is 7.90. The predicted octanol–water partition coefficient (Wildman–Crippen LogP) is 4.42. The molecular formula is C22H21NO3S. The van der Waals surface area contributed by atoms with E-state index in [0.29, 0.717) is 23.5 Å². The Morgan fingerprint density at radius 1 is 1.15 bits per heavy atom. The maximum absolute atomic E-state index is 13.2. The number of hydrogen-bond donors (Lipinski definition) is 0. The number of carbonyl (C=O) groups excluding carboxylic acids is 1. The summed E-state index contributed by atoms with van der Waals surface area (Å²) >= 11 is -1.04. The molecule has 0 amide bonds. The molecule has 1 atom stereocenters. The van der Waals surface area contributed by atoms with Crippen LogP contribution in [0.1, 0.15) is 57.1 Å². The van der Waals surface area contributed by atoms with Gasteiger partial charge in [0.05, 0.1) is 11.8 Å². The van der Waals surface area contributed by atoms with E-state index in [2.05, 4.69) is 5.16 Å². The summed E-state index contributed by atoms with van der Waals surface area (Å²) in [7, 11) is 0. The Morgan fingerprint density at radius 3 is 2.63 bits per heavy atom. The van der Waals surface area contributed by atoms with Crippen molar-refractivity contribution in [1.29, 1.82) is 0 Å². The van der Waals surface area contributed by atoms with Gasteiger partial charge >= 0.3 is 0 Å². The third-order valence-corrected chi connectivity index (χ3v) is 6.20. The molecule has 27 heavy (non-hydrogen) atoms. The summed E-state index contributed by atoms with van der Waals surface area (Å²) in [6.07, 6.45) is 5.95. The van der Waals surface area contributed by atoms with Gasteiger partial charge in [0.15, 0.2) is 16.4 Å². The average molecular weight is 379 g/mol. The van der Waals surface area contributed by atoms with Gasteiger partial charge < -0.3 is 9.08 Å². The van der Waals surface area contributed by atoms with Gasteiger partial charge in [0.1, 0.15) is 6.26 Å². The van der Waals surface area contributed by atoms with Crippen LogP contribution in [-0.2, 0) is 17.6 Å². The summed E-state index contributed by atoms with van der Waals surface area (Å²) in [6.45, 7) is 1.99. The molecule has 1 heterocycles. The van der Waals surface area contributed by atoms with E-state index in [9.17, 15) is 9.35 Å². The van der Waals surface area contributed by atoms with Crippen LogP contribution in [0.15, 0.2) is 58.1 Å². The molecule has 1 aliphatic rings. The van der Waals surface area contributed by atoms with E-state index in [0.717, 1.165) is 40.2 Å². The maximum Gasteiger partial charge on any atom is 0.198 e. The fraction of sp³-hybridized carbons (Fsp3) is 0.273. The van der Waals surface area contributed by atoms with Crippen molar-refractivity contribution in [1.82, 2.24) is 5.16 Å². The highest BCUT2D eigenvalue weighted by Gasteiger charge is 2.33. The van der Waals surface area contributed by atoms with E-state index in [-0.39, 0.29) is 5.78 Å². The van der Waals surface area contributed by atoms with Crippen LogP contribution < -0.4 is 0 Å². The monoisotopic (exact) mass is 379 g/mol. The zero-order valence-electron chi connectivity index (χ0n) is 15.4. The Kier molecular flexibility index (Phi) is 4.89. The lowest BCUT2D eigenvalue weighted by atomic mass is 9.92. The van der Waals surface area contributed by atoms with Gasteiger partial charge in [-0.25, -0.2) is 0 Å². The molecule has 1 saturated carbocycles. The first-order valence-electron chi connectivity index (χ1n) is 9.05. The summed E-state index contributed by atoms with van der Waals surface area (Å²) < 4.78 is 17.3. The third-order valence-electron chi connectivity index (χ3n) is 5.14. The topological polar surface area (TPSA) is 66.2 Å². The molecule has 4 nitrogen and oxygen atoms in total. The first kappa shape index (κ1) is 18.0. The van der Waals surface area contributed by atoms with Crippen LogP contribution in [-0.4, -0.2) is 21.7 Å². The highest BCUT2D eigenvalue weighted by atomic mass is 32.2. The standard InChI is InChI=1S/C22H21NO3S/c1-14-16(7-5-9-20(14)27(2)25)12-17-6-3-4-8-18(17)21(24)19-13-23-26-22(19)15-10-11-15/h3-9,13,15H,10-12H2,1-2H3. The van der Waals surface area contributed by atoms with E-state index < -0.39 is 11.2 Å². The molecule has 4 rings (SSSR count). The fourth-order valence-corrected chi connectivity index (χ4v) is 4.30. The summed E-state index contributed by atoms with van der Waals surface area (Å²) in [5.74, 6) is 1.01. The zero-order valence-corrected chi connectivity index (χ0v) is 16.2. The molecule has 1 aliphatic carbocycles. The van der Waals surface area contributed by atoms with Crippen LogP contribution in [0.2, 0.25) is 0 Å². The van der Waals surface area contributed by atoms with Gasteiger partial charge in [-0.05, 0) is 54.6 Å². The van der Waals surface area contributed by atoms with Gasteiger partial charge in [-0.1, -0.05) is 41.6 Å².